The van der Waals surface area contributed by atoms with E-state index in [1.54, 1.807) is 0 Å². The highest BCUT2D eigenvalue weighted by atomic mass is 19.4. The van der Waals surface area contributed by atoms with E-state index in [1.807, 2.05) is 37.3 Å². The van der Waals surface area contributed by atoms with Crippen LogP contribution in [0, 0.1) is 0 Å². The molecule has 2 atom stereocenters. The molecule has 2 unspecified atom stereocenters. The number of alkyl halides is 3. The van der Waals surface area contributed by atoms with E-state index in [9.17, 15) is 18.0 Å². The third-order valence-corrected chi connectivity index (χ3v) is 5.60. The molecule has 0 aromatic heterocycles. The number of carbonyl (C=O) groups is 1. The van der Waals surface area contributed by atoms with Gasteiger partial charge in [0, 0.05) is 17.5 Å². The van der Waals surface area contributed by atoms with Gasteiger partial charge < -0.3 is 5.73 Å². The summed E-state index contributed by atoms with van der Waals surface area (Å²) in [7, 11) is 0. The summed E-state index contributed by atoms with van der Waals surface area (Å²) in [5.41, 5.74) is 5.46. The molecule has 1 aliphatic heterocycles. The van der Waals surface area contributed by atoms with Crippen molar-refractivity contribution in [2.75, 3.05) is 13.1 Å². The van der Waals surface area contributed by atoms with Crippen LogP contribution in [0.2, 0.25) is 0 Å². The lowest BCUT2D eigenvalue weighted by Gasteiger charge is -2.41. The zero-order valence-electron chi connectivity index (χ0n) is 15.9. The molecule has 28 heavy (non-hydrogen) atoms. The molecule has 0 spiro atoms. The van der Waals surface area contributed by atoms with Crippen LogP contribution in [0.4, 0.5) is 13.2 Å². The minimum atomic E-state index is -4.57. The maximum Gasteiger partial charge on any atom is 0.416 e. The average molecular weight is 390 g/mol. The molecule has 6 heteroatoms. The monoisotopic (exact) mass is 390 g/mol. The van der Waals surface area contributed by atoms with E-state index in [0.717, 1.165) is 44.0 Å². The Balaban J connectivity index is 2.28. The van der Waals surface area contributed by atoms with Gasteiger partial charge in [-0.3, -0.25) is 9.69 Å². The van der Waals surface area contributed by atoms with Gasteiger partial charge in [-0.05, 0) is 49.2 Å². The quantitative estimate of drug-likeness (QED) is 0.796. The fourth-order valence-corrected chi connectivity index (χ4v) is 4.39. The summed E-state index contributed by atoms with van der Waals surface area (Å²) in [5, 5.41) is 0. The van der Waals surface area contributed by atoms with Crippen LogP contribution < -0.4 is 5.73 Å². The number of hydrogen-bond acceptors (Lipinski definition) is 2. The third kappa shape index (κ3) is 4.07. The first-order valence-corrected chi connectivity index (χ1v) is 9.63. The van der Waals surface area contributed by atoms with Crippen molar-refractivity contribution < 1.29 is 18.0 Å². The molecular weight excluding hydrogens is 365 g/mol. The maximum absolute atomic E-state index is 13.9. The minimum absolute atomic E-state index is 0.000880. The number of hydrogen-bond donors (Lipinski definition) is 1. The van der Waals surface area contributed by atoms with Gasteiger partial charge in [-0.25, -0.2) is 0 Å². The maximum atomic E-state index is 13.9. The molecule has 3 nitrogen and oxygen atoms in total. The molecule has 2 aromatic carbocycles. The molecule has 1 heterocycles. The van der Waals surface area contributed by atoms with E-state index in [2.05, 4.69) is 4.90 Å². The van der Waals surface area contributed by atoms with Crippen LogP contribution in [-0.2, 0) is 6.18 Å². The fraction of sp³-hybridized carbons (Fsp3) is 0.409. The van der Waals surface area contributed by atoms with Crippen LogP contribution in [0.25, 0.3) is 0 Å². The highest BCUT2D eigenvalue weighted by Crippen LogP contribution is 2.43. The lowest BCUT2D eigenvalue weighted by molar-refractivity contribution is -0.138. The standard InChI is InChI=1S/C22H25F3N2O/c1-2-27-14-7-6-13-18(27)19(15-9-4-3-5-10-15)20-16(21(26)28)11-8-12-17(20)22(23,24)25/h3-5,8-12,18-19H,2,6-7,13-14H2,1H3,(H2,26,28). The van der Waals surface area contributed by atoms with Gasteiger partial charge in [0.2, 0.25) is 5.91 Å². The molecule has 0 bridgehead atoms. The van der Waals surface area contributed by atoms with Crippen molar-refractivity contribution in [3.05, 3.63) is 70.8 Å². The predicted octanol–water partition coefficient (Wildman–Crippen LogP) is 4.81. The summed E-state index contributed by atoms with van der Waals surface area (Å²) < 4.78 is 41.8. The second-order valence-corrected chi connectivity index (χ2v) is 7.21. The molecule has 1 saturated heterocycles. The number of amides is 1. The number of likely N-dealkylation sites (tertiary alicyclic amines) is 1. The van der Waals surface area contributed by atoms with Crippen LogP contribution in [0.5, 0.6) is 0 Å². The van der Waals surface area contributed by atoms with Crippen molar-refractivity contribution in [3.8, 4) is 0 Å². The molecule has 3 rings (SSSR count). The smallest absolute Gasteiger partial charge is 0.366 e. The second-order valence-electron chi connectivity index (χ2n) is 7.21. The number of nitrogens with two attached hydrogens (primary N) is 1. The molecule has 2 aromatic rings. The van der Waals surface area contributed by atoms with Crippen molar-refractivity contribution in [3.63, 3.8) is 0 Å². The molecule has 0 aliphatic carbocycles. The Morgan fingerprint density at radius 3 is 2.46 bits per heavy atom. The highest BCUT2D eigenvalue weighted by molar-refractivity contribution is 5.95. The number of likely N-dealkylation sites (N-methyl/N-ethyl adjacent to an activating group) is 1. The number of rotatable bonds is 5. The van der Waals surface area contributed by atoms with Crippen LogP contribution >= 0.6 is 0 Å². The number of piperidine rings is 1. The van der Waals surface area contributed by atoms with Crippen LogP contribution in [0.3, 0.4) is 0 Å². The Morgan fingerprint density at radius 1 is 1.14 bits per heavy atom. The number of halogens is 3. The molecule has 1 fully saturated rings. The topological polar surface area (TPSA) is 46.3 Å². The largest absolute Gasteiger partial charge is 0.416 e. The molecule has 150 valence electrons. The first-order chi connectivity index (χ1) is 13.3. The van der Waals surface area contributed by atoms with Crippen LogP contribution in [0.15, 0.2) is 48.5 Å². The van der Waals surface area contributed by atoms with Gasteiger partial charge in [-0.1, -0.05) is 49.7 Å². The van der Waals surface area contributed by atoms with Crippen LogP contribution in [-0.4, -0.2) is 29.9 Å². The average Bonchev–Trinajstić information content (AvgIpc) is 2.68. The Kier molecular flexibility index (Phi) is 6.08. The highest BCUT2D eigenvalue weighted by Gasteiger charge is 2.41. The van der Waals surface area contributed by atoms with Gasteiger partial charge in [0.15, 0.2) is 0 Å². The van der Waals surface area contributed by atoms with Crippen LogP contribution in [0.1, 0.15) is 59.2 Å². The summed E-state index contributed by atoms with van der Waals surface area (Å²) in [6, 6.07) is 12.7. The molecule has 1 amide bonds. The van der Waals surface area contributed by atoms with E-state index in [-0.39, 0.29) is 17.2 Å². The third-order valence-electron chi connectivity index (χ3n) is 5.60. The zero-order valence-corrected chi connectivity index (χ0v) is 15.9. The summed E-state index contributed by atoms with van der Waals surface area (Å²) in [6.07, 6.45) is -1.82. The first-order valence-electron chi connectivity index (χ1n) is 9.63. The fourth-order valence-electron chi connectivity index (χ4n) is 4.39. The van der Waals surface area contributed by atoms with Gasteiger partial charge in [-0.2, -0.15) is 13.2 Å². The molecular formula is C22H25F3N2O. The van der Waals surface area contributed by atoms with E-state index in [0.29, 0.717) is 0 Å². The van der Waals surface area contributed by atoms with E-state index < -0.39 is 23.6 Å². The van der Waals surface area contributed by atoms with Crippen molar-refractivity contribution >= 4 is 5.91 Å². The summed E-state index contributed by atoms with van der Waals surface area (Å²) in [6.45, 7) is 3.60. The summed E-state index contributed by atoms with van der Waals surface area (Å²) in [4.78, 5) is 14.3. The Morgan fingerprint density at radius 2 is 1.86 bits per heavy atom. The minimum Gasteiger partial charge on any atom is -0.366 e. The Hall–Kier alpha value is -2.34. The number of carbonyl (C=O) groups excluding carboxylic acids is 1. The van der Waals surface area contributed by atoms with Crippen molar-refractivity contribution in [2.45, 2.75) is 44.3 Å². The van der Waals surface area contributed by atoms with Gasteiger partial charge in [-0.15, -0.1) is 0 Å². The van der Waals surface area contributed by atoms with E-state index in [4.69, 9.17) is 5.73 Å². The zero-order chi connectivity index (χ0) is 20.3. The second kappa shape index (κ2) is 8.35. The first kappa shape index (κ1) is 20.4. The lowest BCUT2D eigenvalue weighted by atomic mass is 9.76. The SMILES string of the molecule is CCN1CCCCC1C(c1ccccc1)c1c(C(N)=O)cccc1C(F)(F)F. The number of nitrogens with zero attached hydrogens (tertiary/aromatic N) is 1. The van der Waals surface area contributed by atoms with Crippen molar-refractivity contribution in [2.24, 2.45) is 5.73 Å². The van der Waals surface area contributed by atoms with Gasteiger partial charge >= 0.3 is 6.18 Å². The molecule has 0 saturated carbocycles. The van der Waals surface area contributed by atoms with Gasteiger partial charge in [0.1, 0.15) is 0 Å². The van der Waals surface area contributed by atoms with Crippen molar-refractivity contribution in [1.29, 1.82) is 0 Å². The number of primary amides is 1. The predicted molar refractivity (Wildman–Crippen MR) is 103 cm³/mol. The van der Waals surface area contributed by atoms with E-state index >= 15 is 0 Å². The van der Waals surface area contributed by atoms with Gasteiger partial charge in [0.25, 0.3) is 0 Å². The molecule has 1 aliphatic rings. The van der Waals surface area contributed by atoms with E-state index in [1.165, 1.54) is 12.1 Å². The normalized spacial score (nSPS) is 19.4. The Bertz CT molecular complexity index is 820. The molecule has 0 radical (unpaired) electrons. The summed E-state index contributed by atoms with van der Waals surface area (Å²) >= 11 is 0. The number of benzene rings is 2. The summed E-state index contributed by atoms with van der Waals surface area (Å²) in [5.74, 6) is -1.41. The lowest BCUT2D eigenvalue weighted by Crippen LogP contribution is -2.44. The van der Waals surface area contributed by atoms with Gasteiger partial charge in [0.05, 0.1) is 5.56 Å². The van der Waals surface area contributed by atoms with Crippen molar-refractivity contribution in [1.82, 2.24) is 4.90 Å². The molecule has 2 N–H and O–H groups in total. The Labute approximate surface area is 163 Å².